The van der Waals surface area contributed by atoms with Gasteiger partial charge >= 0.3 is 6.18 Å². The van der Waals surface area contributed by atoms with Crippen molar-refractivity contribution in [3.63, 3.8) is 0 Å². The van der Waals surface area contributed by atoms with Gasteiger partial charge in [0.15, 0.2) is 0 Å². The maximum absolute atomic E-state index is 14.1. The van der Waals surface area contributed by atoms with Crippen LogP contribution in [0.4, 0.5) is 23.2 Å². The molecule has 0 saturated carbocycles. The average Bonchev–Trinajstić information content (AvgIpc) is 2.37. The van der Waals surface area contributed by atoms with E-state index in [0.29, 0.717) is 25.7 Å². The zero-order chi connectivity index (χ0) is 16.3. The Balaban J connectivity index is 3.09. The molecule has 2 nitrogen and oxygen atoms in total. The summed E-state index contributed by atoms with van der Waals surface area (Å²) in [6.45, 7) is 7.28. The topological polar surface area (TPSA) is 29.3 Å². The number of benzene rings is 1. The molecule has 0 radical (unpaired) electrons. The number of anilines is 1. The van der Waals surface area contributed by atoms with Crippen LogP contribution < -0.4 is 10.6 Å². The smallest absolute Gasteiger partial charge is 0.369 e. The van der Waals surface area contributed by atoms with Gasteiger partial charge in [0.1, 0.15) is 5.82 Å². The molecule has 0 bridgehead atoms. The van der Waals surface area contributed by atoms with Gasteiger partial charge in [-0.25, -0.2) is 4.39 Å². The highest BCUT2D eigenvalue weighted by atomic mass is 19.4. The van der Waals surface area contributed by atoms with Gasteiger partial charge in [-0.05, 0) is 36.6 Å². The van der Waals surface area contributed by atoms with Gasteiger partial charge in [-0.3, -0.25) is 0 Å². The summed E-state index contributed by atoms with van der Waals surface area (Å²) in [5, 5.41) is 0. The van der Waals surface area contributed by atoms with Crippen LogP contribution in [0.25, 0.3) is 0 Å². The Bertz CT molecular complexity index is 469. The average molecular weight is 306 g/mol. The maximum atomic E-state index is 14.1. The predicted molar refractivity (Wildman–Crippen MR) is 76.7 cm³/mol. The highest BCUT2D eigenvalue weighted by molar-refractivity contribution is 5.50. The third kappa shape index (κ3) is 4.88. The molecular weight excluding hydrogens is 284 g/mol. The van der Waals surface area contributed by atoms with E-state index in [-0.39, 0.29) is 11.1 Å². The fourth-order valence-corrected chi connectivity index (χ4v) is 2.08. The monoisotopic (exact) mass is 306 g/mol. The van der Waals surface area contributed by atoms with Gasteiger partial charge in [-0.2, -0.15) is 13.2 Å². The summed E-state index contributed by atoms with van der Waals surface area (Å²) in [5.74, 6) is -0.855. The molecular formula is C15H22F4N2. The molecule has 6 heteroatoms. The molecule has 0 aromatic heterocycles. The van der Waals surface area contributed by atoms with Crippen LogP contribution in [0, 0.1) is 11.2 Å². The first-order chi connectivity index (χ1) is 9.60. The lowest BCUT2D eigenvalue weighted by Crippen LogP contribution is -2.39. The number of hydrogen-bond donors (Lipinski definition) is 1. The summed E-state index contributed by atoms with van der Waals surface area (Å²) in [6, 6.07) is 2.66. The fraction of sp³-hybridized carbons (Fsp3) is 0.600. The van der Waals surface area contributed by atoms with Crippen LogP contribution in [0.1, 0.15) is 32.8 Å². The lowest BCUT2D eigenvalue weighted by Gasteiger charge is -2.33. The van der Waals surface area contributed by atoms with Crippen molar-refractivity contribution in [2.45, 2.75) is 33.4 Å². The second-order valence-corrected chi connectivity index (χ2v) is 5.95. The molecule has 0 aliphatic rings. The highest BCUT2D eigenvalue weighted by Crippen LogP contribution is 2.33. The molecule has 1 aromatic carbocycles. The van der Waals surface area contributed by atoms with Gasteiger partial charge in [0.2, 0.25) is 0 Å². The van der Waals surface area contributed by atoms with Crippen LogP contribution in [0.5, 0.6) is 0 Å². The van der Waals surface area contributed by atoms with E-state index in [2.05, 4.69) is 0 Å². The number of rotatable bonds is 6. The third-order valence-electron chi connectivity index (χ3n) is 3.28. The minimum Gasteiger partial charge on any atom is -0.369 e. The van der Waals surface area contributed by atoms with E-state index in [0.717, 1.165) is 12.5 Å². The van der Waals surface area contributed by atoms with Crippen LogP contribution in [-0.4, -0.2) is 19.6 Å². The lowest BCUT2D eigenvalue weighted by atomic mass is 9.92. The first-order valence-corrected chi connectivity index (χ1v) is 6.92. The van der Waals surface area contributed by atoms with E-state index in [4.69, 9.17) is 5.73 Å². The molecule has 0 aliphatic carbocycles. The van der Waals surface area contributed by atoms with Gasteiger partial charge in [-0.1, -0.05) is 20.8 Å². The standard InChI is InChI=1S/C15H22F4N2/c1-4-7-21(10-14(2,3)9-20)13-6-5-11(8-12(13)16)15(17,18)19/h5-6,8H,4,7,9-10,20H2,1-3H3. The zero-order valence-corrected chi connectivity index (χ0v) is 12.6. The van der Waals surface area contributed by atoms with E-state index in [9.17, 15) is 17.6 Å². The molecule has 0 atom stereocenters. The van der Waals surface area contributed by atoms with Crippen LogP contribution in [-0.2, 0) is 6.18 Å². The van der Waals surface area contributed by atoms with Crippen LogP contribution in [0.2, 0.25) is 0 Å². The summed E-state index contributed by atoms with van der Waals surface area (Å²) in [7, 11) is 0. The summed E-state index contributed by atoms with van der Waals surface area (Å²) in [5.41, 5.74) is 4.65. The summed E-state index contributed by atoms with van der Waals surface area (Å²) < 4.78 is 51.8. The molecule has 120 valence electrons. The van der Waals surface area contributed by atoms with Crippen molar-refractivity contribution in [2.75, 3.05) is 24.5 Å². The molecule has 1 aromatic rings. The van der Waals surface area contributed by atoms with Crippen molar-refractivity contribution >= 4 is 5.69 Å². The SMILES string of the molecule is CCCN(CC(C)(C)CN)c1ccc(C(F)(F)F)cc1F. The number of hydrogen-bond acceptors (Lipinski definition) is 2. The minimum atomic E-state index is -4.54. The van der Waals surface area contributed by atoms with Crippen LogP contribution in [0.15, 0.2) is 18.2 Å². The Morgan fingerprint density at radius 3 is 2.24 bits per heavy atom. The first kappa shape index (κ1) is 17.8. The van der Waals surface area contributed by atoms with E-state index in [1.54, 1.807) is 4.90 Å². The Morgan fingerprint density at radius 2 is 1.81 bits per heavy atom. The van der Waals surface area contributed by atoms with Crippen LogP contribution in [0.3, 0.4) is 0 Å². The molecule has 0 amide bonds. The van der Waals surface area contributed by atoms with Crippen molar-refractivity contribution in [2.24, 2.45) is 11.1 Å². The van der Waals surface area contributed by atoms with E-state index >= 15 is 0 Å². The molecule has 0 heterocycles. The molecule has 0 spiro atoms. The molecule has 21 heavy (non-hydrogen) atoms. The second kappa shape index (κ2) is 6.64. The second-order valence-electron chi connectivity index (χ2n) is 5.95. The van der Waals surface area contributed by atoms with Crippen molar-refractivity contribution in [1.82, 2.24) is 0 Å². The van der Waals surface area contributed by atoms with Gasteiger partial charge in [0.05, 0.1) is 11.3 Å². The Kier molecular flexibility index (Phi) is 5.61. The van der Waals surface area contributed by atoms with Crippen molar-refractivity contribution in [3.8, 4) is 0 Å². The third-order valence-corrected chi connectivity index (χ3v) is 3.28. The fourth-order valence-electron chi connectivity index (χ4n) is 2.08. The van der Waals surface area contributed by atoms with Gasteiger partial charge in [-0.15, -0.1) is 0 Å². The summed E-state index contributed by atoms with van der Waals surface area (Å²) in [4.78, 5) is 1.75. The van der Waals surface area contributed by atoms with Gasteiger partial charge < -0.3 is 10.6 Å². The number of nitrogens with two attached hydrogens (primary N) is 1. The first-order valence-electron chi connectivity index (χ1n) is 6.92. The Morgan fingerprint density at radius 1 is 1.19 bits per heavy atom. The number of halogens is 4. The Labute approximate surface area is 122 Å². The van der Waals surface area contributed by atoms with Gasteiger partial charge in [0.25, 0.3) is 0 Å². The van der Waals surface area contributed by atoms with Crippen molar-refractivity contribution in [1.29, 1.82) is 0 Å². The molecule has 2 N–H and O–H groups in total. The Hall–Kier alpha value is -1.30. The normalized spacial score (nSPS) is 12.6. The number of alkyl halides is 3. The molecule has 0 aliphatic heterocycles. The van der Waals surface area contributed by atoms with Crippen molar-refractivity contribution < 1.29 is 17.6 Å². The van der Waals surface area contributed by atoms with Gasteiger partial charge in [0, 0.05) is 13.1 Å². The molecule has 1 rings (SSSR count). The quantitative estimate of drug-likeness (QED) is 0.804. The number of nitrogens with zero attached hydrogens (tertiary/aromatic N) is 1. The highest BCUT2D eigenvalue weighted by Gasteiger charge is 2.32. The molecule has 0 saturated heterocycles. The largest absolute Gasteiger partial charge is 0.416 e. The van der Waals surface area contributed by atoms with Crippen LogP contribution >= 0.6 is 0 Å². The summed E-state index contributed by atoms with van der Waals surface area (Å²) in [6.07, 6.45) is -3.77. The predicted octanol–water partition coefficient (Wildman–Crippen LogP) is 4.05. The van der Waals surface area contributed by atoms with E-state index in [1.165, 1.54) is 6.07 Å². The minimum absolute atomic E-state index is 0.186. The molecule has 0 fully saturated rings. The van der Waals surface area contributed by atoms with Crippen molar-refractivity contribution in [3.05, 3.63) is 29.6 Å². The maximum Gasteiger partial charge on any atom is 0.416 e. The van der Waals surface area contributed by atoms with E-state index < -0.39 is 17.6 Å². The lowest BCUT2D eigenvalue weighted by molar-refractivity contribution is -0.137. The van der Waals surface area contributed by atoms with E-state index in [1.807, 2.05) is 20.8 Å². The zero-order valence-electron chi connectivity index (χ0n) is 12.6. The summed E-state index contributed by atoms with van der Waals surface area (Å²) >= 11 is 0. The molecule has 0 unspecified atom stereocenters.